The Morgan fingerprint density at radius 3 is 2.88 bits per heavy atom. The molecule has 3 heterocycles. The third-order valence-electron chi connectivity index (χ3n) is 4.73. The Morgan fingerprint density at radius 2 is 2.19 bits per heavy atom. The van der Waals surface area contributed by atoms with Gasteiger partial charge in [-0.3, -0.25) is 14.3 Å². The molecule has 2 amide bonds. The number of rotatable bonds is 4. The standard InChI is InChI=1S/C17H20N4O3S2/c1-26(24,19-16(22)8-12-2-3-12)15-9-18-21-6-5-20(10-14(15)21)17(23)13-4-7-25-11-13/h4,7,9,11-12H,2-3,5-6,8,10H2,1H3. The number of aromatic nitrogens is 2. The molecule has 1 aliphatic heterocycles. The quantitative estimate of drug-likeness (QED) is 0.800. The molecule has 0 radical (unpaired) electrons. The van der Waals surface area contributed by atoms with E-state index < -0.39 is 9.73 Å². The summed E-state index contributed by atoms with van der Waals surface area (Å²) in [6, 6.07) is 1.80. The largest absolute Gasteiger partial charge is 0.331 e. The van der Waals surface area contributed by atoms with Gasteiger partial charge in [0.1, 0.15) is 0 Å². The average molecular weight is 393 g/mol. The second-order valence-electron chi connectivity index (χ2n) is 6.85. The zero-order chi connectivity index (χ0) is 18.3. The minimum Gasteiger partial charge on any atom is -0.331 e. The number of carbonyl (C=O) groups is 2. The molecule has 2 aromatic rings. The molecule has 4 rings (SSSR count). The average Bonchev–Trinajstić information content (AvgIpc) is 3.11. The van der Waals surface area contributed by atoms with E-state index in [1.165, 1.54) is 23.8 Å². The molecule has 2 aromatic heterocycles. The van der Waals surface area contributed by atoms with E-state index in [0.717, 1.165) is 12.8 Å². The van der Waals surface area contributed by atoms with Crippen molar-refractivity contribution in [2.75, 3.05) is 12.8 Å². The van der Waals surface area contributed by atoms with E-state index in [9.17, 15) is 13.8 Å². The number of nitrogens with zero attached hydrogens (tertiary/aromatic N) is 4. The zero-order valence-corrected chi connectivity index (χ0v) is 16.1. The number of fused-ring (bicyclic) bond motifs is 1. The summed E-state index contributed by atoms with van der Waals surface area (Å²) in [6.45, 7) is 1.41. The lowest BCUT2D eigenvalue weighted by atomic mass is 10.2. The molecule has 0 N–H and O–H groups in total. The van der Waals surface area contributed by atoms with E-state index in [-0.39, 0.29) is 11.8 Å². The normalized spacial score (nSPS) is 18.9. The second-order valence-corrected chi connectivity index (χ2v) is 9.86. The monoisotopic (exact) mass is 392 g/mol. The molecule has 0 bridgehead atoms. The lowest BCUT2D eigenvalue weighted by Gasteiger charge is -2.28. The highest BCUT2D eigenvalue weighted by Gasteiger charge is 2.29. The van der Waals surface area contributed by atoms with Crippen molar-refractivity contribution in [2.24, 2.45) is 10.3 Å². The first-order valence-corrected chi connectivity index (χ1v) is 11.4. The van der Waals surface area contributed by atoms with Crippen LogP contribution in [0.5, 0.6) is 0 Å². The maximum Gasteiger partial charge on any atom is 0.255 e. The first-order chi connectivity index (χ1) is 12.4. The number of thiophene rings is 1. The van der Waals surface area contributed by atoms with E-state index >= 15 is 0 Å². The zero-order valence-electron chi connectivity index (χ0n) is 14.5. The molecule has 7 nitrogen and oxygen atoms in total. The van der Waals surface area contributed by atoms with E-state index in [1.54, 1.807) is 15.6 Å². The second kappa shape index (κ2) is 6.62. The first-order valence-electron chi connectivity index (χ1n) is 8.55. The number of amides is 2. The molecule has 1 atom stereocenters. The van der Waals surface area contributed by atoms with E-state index in [4.69, 9.17) is 0 Å². The summed E-state index contributed by atoms with van der Waals surface area (Å²) >= 11 is 1.48. The topological polar surface area (TPSA) is 84.6 Å². The van der Waals surface area contributed by atoms with Crippen molar-refractivity contribution >= 4 is 32.9 Å². The van der Waals surface area contributed by atoms with Gasteiger partial charge in [-0.15, -0.1) is 0 Å². The molecular weight excluding hydrogens is 372 g/mol. The van der Waals surface area contributed by atoms with Crippen LogP contribution in [0.15, 0.2) is 32.3 Å². The van der Waals surface area contributed by atoms with Gasteiger partial charge in [0, 0.05) is 24.6 Å². The minimum absolute atomic E-state index is 0.0472. The van der Waals surface area contributed by atoms with Gasteiger partial charge in [0.05, 0.1) is 45.2 Å². The van der Waals surface area contributed by atoms with Crippen molar-refractivity contribution in [1.29, 1.82) is 0 Å². The lowest BCUT2D eigenvalue weighted by molar-refractivity contribution is -0.117. The Balaban J connectivity index is 1.60. The molecule has 138 valence electrons. The smallest absolute Gasteiger partial charge is 0.255 e. The summed E-state index contributed by atoms with van der Waals surface area (Å²) in [6.07, 6.45) is 5.49. The van der Waals surface area contributed by atoms with Gasteiger partial charge in [0.25, 0.3) is 11.8 Å². The van der Waals surface area contributed by atoms with Gasteiger partial charge in [-0.25, -0.2) is 4.21 Å². The van der Waals surface area contributed by atoms with Gasteiger partial charge in [-0.05, 0) is 30.2 Å². The highest BCUT2D eigenvalue weighted by atomic mass is 32.2. The van der Waals surface area contributed by atoms with Crippen molar-refractivity contribution in [3.05, 3.63) is 34.3 Å². The van der Waals surface area contributed by atoms with Crippen LogP contribution in [0, 0.1) is 5.92 Å². The van der Waals surface area contributed by atoms with Gasteiger partial charge in [-0.2, -0.15) is 20.8 Å². The third-order valence-corrected chi connectivity index (χ3v) is 7.12. The summed E-state index contributed by atoms with van der Waals surface area (Å²) < 4.78 is 18.8. The number of hydrogen-bond donors (Lipinski definition) is 0. The molecule has 9 heteroatoms. The summed E-state index contributed by atoms with van der Waals surface area (Å²) in [5.41, 5.74) is 1.36. The summed E-state index contributed by atoms with van der Waals surface area (Å²) in [4.78, 5) is 26.9. The van der Waals surface area contributed by atoms with Crippen molar-refractivity contribution in [3.8, 4) is 0 Å². The van der Waals surface area contributed by atoms with Gasteiger partial charge < -0.3 is 4.90 Å². The molecule has 2 aliphatic rings. The summed E-state index contributed by atoms with van der Waals surface area (Å²) in [5.74, 6) is 0.0530. The Kier molecular flexibility index (Phi) is 4.44. The van der Waals surface area contributed by atoms with E-state index in [2.05, 4.69) is 9.46 Å². The fraction of sp³-hybridized carbons (Fsp3) is 0.471. The molecule has 0 saturated heterocycles. The van der Waals surface area contributed by atoms with Gasteiger partial charge in [0.2, 0.25) is 0 Å². The van der Waals surface area contributed by atoms with Crippen LogP contribution in [-0.2, 0) is 27.6 Å². The highest BCUT2D eigenvalue weighted by molar-refractivity contribution is 7.93. The van der Waals surface area contributed by atoms with E-state index in [0.29, 0.717) is 48.1 Å². The molecule has 1 unspecified atom stereocenters. The van der Waals surface area contributed by atoms with Crippen molar-refractivity contribution in [2.45, 2.75) is 37.2 Å². The summed E-state index contributed by atoms with van der Waals surface area (Å²) in [7, 11) is -2.87. The molecule has 0 spiro atoms. The fourth-order valence-electron chi connectivity index (χ4n) is 3.13. The number of hydrogen-bond acceptors (Lipinski definition) is 5. The van der Waals surface area contributed by atoms with Crippen LogP contribution in [0.3, 0.4) is 0 Å². The molecule has 1 aliphatic carbocycles. The molecule has 1 saturated carbocycles. The number of carbonyl (C=O) groups excluding carboxylic acids is 2. The predicted molar refractivity (Wildman–Crippen MR) is 98.4 cm³/mol. The van der Waals surface area contributed by atoms with Crippen LogP contribution in [0.1, 0.15) is 35.3 Å². The summed E-state index contributed by atoms with van der Waals surface area (Å²) in [5, 5.41) is 7.98. The third kappa shape index (κ3) is 3.45. The highest BCUT2D eigenvalue weighted by Crippen LogP contribution is 2.33. The maximum absolute atomic E-state index is 13.1. The molecule has 0 aromatic carbocycles. The molecule has 26 heavy (non-hydrogen) atoms. The first kappa shape index (κ1) is 17.4. The molecular formula is C17H20N4O3S2. The van der Waals surface area contributed by atoms with Gasteiger partial charge in [0.15, 0.2) is 0 Å². The van der Waals surface area contributed by atoms with Crippen molar-refractivity contribution < 1.29 is 13.8 Å². The van der Waals surface area contributed by atoms with Crippen molar-refractivity contribution in [3.63, 3.8) is 0 Å². The van der Waals surface area contributed by atoms with Crippen LogP contribution < -0.4 is 0 Å². The van der Waals surface area contributed by atoms with Crippen LogP contribution in [0.25, 0.3) is 0 Å². The lowest BCUT2D eigenvalue weighted by Crippen LogP contribution is -2.38. The van der Waals surface area contributed by atoms with Crippen molar-refractivity contribution in [1.82, 2.24) is 14.7 Å². The maximum atomic E-state index is 13.1. The Hall–Kier alpha value is -2.00. The van der Waals surface area contributed by atoms with Crippen LogP contribution in [0.2, 0.25) is 0 Å². The van der Waals surface area contributed by atoms with E-state index in [1.807, 2.05) is 10.8 Å². The van der Waals surface area contributed by atoms with Crippen LogP contribution in [0.4, 0.5) is 0 Å². The predicted octanol–water partition coefficient (Wildman–Crippen LogP) is 2.38. The molecule has 1 fully saturated rings. The van der Waals surface area contributed by atoms with Crippen LogP contribution >= 0.6 is 11.3 Å². The van der Waals surface area contributed by atoms with Crippen LogP contribution in [-0.4, -0.2) is 43.5 Å². The SMILES string of the molecule is CS(=O)(=NC(=O)CC1CC1)c1cnn2c1CN(C(=O)c1ccsc1)CC2. The Labute approximate surface area is 156 Å². The minimum atomic E-state index is -2.87. The fourth-order valence-corrected chi connectivity index (χ4v) is 5.17. The van der Waals surface area contributed by atoms with Gasteiger partial charge in [-0.1, -0.05) is 0 Å². The van der Waals surface area contributed by atoms with Gasteiger partial charge >= 0.3 is 0 Å². The Bertz CT molecular complexity index is 966. The Morgan fingerprint density at radius 1 is 1.38 bits per heavy atom.